The van der Waals surface area contributed by atoms with Gasteiger partial charge in [-0.3, -0.25) is 0 Å². The highest BCUT2D eigenvalue weighted by molar-refractivity contribution is 6.74. The maximum atomic E-state index is 6.72. The van der Waals surface area contributed by atoms with Crippen molar-refractivity contribution in [2.75, 3.05) is 7.11 Å². The van der Waals surface area contributed by atoms with Crippen LogP contribution in [0.2, 0.25) is 18.1 Å². The van der Waals surface area contributed by atoms with Crippen molar-refractivity contribution < 1.29 is 13.9 Å². The van der Waals surface area contributed by atoms with Crippen molar-refractivity contribution in [3.8, 4) is 0 Å². The lowest BCUT2D eigenvalue weighted by atomic mass is 9.84. The van der Waals surface area contributed by atoms with E-state index in [0.717, 1.165) is 6.42 Å². The number of rotatable bonds is 5. The molecule has 0 bridgehead atoms. The third-order valence-electron chi connectivity index (χ3n) is 5.23. The van der Waals surface area contributed by atoms with Crippen LogP contribution in [0.5, 0.6) is 0 Å². The van der Waals surface area contributed by atoms with Gasteiger partial charge in [0.2, 0.25) is 0 Å². The van der Waals surface area contributed by atoms with Gasteiger partial charge in [0.15, 0.2) is 14.6 Å². The highest BCUT2D eigenvalue weighted by Crippen LogP contribution is 2.42. The Morgan fingerprint density at radius 2 is 1.76 bits per heavy atom. The van der Waals surface area contributed by atoms with E-state index in [4.69, 9.17) is 13.9 Å². The van der Waals surface area contributed by atoms with E-state index in [9.17, 15) is 0 Å². The third kappa shape index (κ3) is 4.18. The summed E-state index contributed by atoms with van der Waals surface area (Å²) in [4.78, 5) is 0. The van der Waals surface area contributed by atoms with Gasteiger partial charge in [0.25, 0.3) is 0 Å². The van der Waals surface area contributed by atoms with Crippen molar-refractivity contribution in [3.05, 3.63) is 12.7 Å². The summed E-state index contributed by atoms with van der Waals surface area (Å²) < 4.78 is 18.3. The molecule has 0 N–H and O–H groups in total. The van der Waals surface area contributed by atoms with E-state index >= 15 is 0 Å². The van der Waals surface area contributed by atoms with Crippen LogP contribution in [0.1, 0.15) is 41.0 Å². The van der Waals surface area contributed by atoms with E-state index < -0.39 is 8.32 Å². The Bertz CT molecular complexity index is 348. The molecule has 0 spiro atoms. The molecule has 1 aliphatic heterocycles. The minimum Gasteiger partial charge on any atom is -0.413 e. The second-order valence-corrected chi connectivity index (χ2v) is 12.6. The number of hydrogen-bond donors (Lipinski definition) is 0. The Labute approximate surface area is 132 Å². The Hall–Kier alpha value is -0.163. The van der Waals surface area contributed by atoms with E-state index in [0.29, 0.717) is 5.92 Å². The summed E-state index contributed by atoms with van der Waals surface area (Å²) in [6.45, 7) is 19.7. The summed E-state index contributed by atoms with van der Waals surface area (Å²) in [5, 5.41) is 0.210. The summed E-state index contributed by atoms with van der Waals surface area (Å²) in [5.74, 6) is 0.582. The molecule has 4 heteroatoms. The minimum atomic E-state index is -1.81. The fourth-order valence-corrected chi connectivity index (χ4v) is 4.16. The molecule has 3 nitrogen and oxygen atoms in total. The Morgan fingerprint density at radius 1 is 1.19 bits per heavy atom. The van der Waals surface area contributed by atoms with Gasteiger partial charge in [-0.2, -0.15) is 0 Å². The average Bonchev–Trinajstić information content (AvgIpc) is 2.36. The van der Waals surface area contributed by atoms with E-state index in [1.54, 1.807) is 7.11 Å². The van der Waals surface area contributed by atoms with Crippen molar-refractivity contribution in [2.45, 2.75) is 77.7 Å². The van der Waals surface area contributed by atoms with Gasteiger partial charge in [-0.15, -0.1) is 6.58 Å². The zero-order valence-corrected chi connectivity index (χ0v) is 16.1. The highest BCUT2D eigenvalue weighted by Gasteiger charge is 2.47. The molecule has 1 saturated heterocycles. The average molecular weight is 315 g/mol. The van der Waals surface area contributed by atoms with Crippen LogP contribution in [0.25, 0.3) is 0 Å². The van der Waals surface area contributed by atoms with Gasteiger partial charge in [-0.25, -0.2) is 0 Å². The van der Waals surface area contributed by atoms with Crippen LogP contribution in [0.4, 0.5) is 0 Å². The molecule has 1 aliphatic rings. The molecule has 21 heavy (non-hydrogen) atoms. The van der Waals surface area contributed by atoms with Crippen molar-refractivity contribution in [3.63, 3.8) is 0 Å². The number of hydrogen-bond acceptors (Lipinski definition) is 3. The minimum absolute atomic E-state index is 0.124. The molecule has 0 amide bonds. The van der Waals surface area contributed by atoms with Gasteiger partial charge in [0.05, 0.1) is 12.2 Å². The molecule has 5 atom stereocenters. The van der Waals surface area contributed by atoms with Crippen LogP contribution in [-0.4, -0.2) is 33.9 Å². The van der Waals surface area contributed by atoms with E-state index in [1.165, 1.54) is 0 Å². The molecular formula is C17H34O3Si. The van der Waals surface area contributed by atoms with Crippen LogP contribution >= 0.6 is 0 Å². The lowest BCUT2D eigenvalue weighted by Crippen LogP contribution is -2.55. The number of methoxy groups -OCH3 is 1. The Morgan fingerprint density at radius 3 is 2.19 bits per heavy atom. The Kier molecular flexibility index (Phi) is 6.24. The second kappa shape index (κ2) is 6.94. The van der Waals surface area contributed by atoms with E-state index in [1.807, 2.05) is 6.08 Å². The third-order valence-corrected chi connectivity index (χ3v) is 9.70. The molecule has 0 aliphatic carbocycles. The van der Waals surface area contributed by atoms with Crippen LogP contribution in [0.3, 0.4) is 0 Å². The predicted molar refractivity (Wildman–Crippen MR) is 90.9 cm³/mol. The largest absolute Gasteiger partial charge is 0.413 e. The first kappa shape index (κ1) is 18.9. The smallest absolute Gasteiger partial charge is 0.192 e. The summed E-state index contributed by atoms with van der Waals surface area (Å²) in [5.41, 5.74) is 0. The van der Waals surface area contributed by atoms with Gasteiger partial charge < -0.3 is 13.9 Å². The molecule has 0 aromatic heterocycles. The van der Waals surface area contributed by atoms with Crippen LogP contribution < -0.4 is 0 Å². The van der Waals surface area contributed by atoms with Gasteiger partial charge >= 0.3 is 0 Å². The number of ether oxygens (including phenoxy) is 2. The quantitative estimate of drug-likeness (QED) is 0.548. The molecule has 124 valence electrons. The van der Waals surface area contributed by atoms with Gasteiger partial charge in [-0.1, -0.05) is 40.7 Å². The Balaban J connectivity index is 2.97. The summed E-state index contributed by atoms with van der Waals surface area (Å²) in [6.07, 6.45) is 2.87. The first-order chi connectivity index (χ1) is 9.55. The van der Waals surface area contributed by atoms with E-state index in [-0.39, 0.29) is 29.5 Å². The lowest BCUT2D eigenvalue weighted by molar-refractivity contribution is -0.248. The van der Waals surface area contributed by atoms with Crippen LogP contribution in [-0.2, 0) is 13.9 Å². The molecule has 0 radical (unpaired) electrons. The molecule has 0 unspecified atom stereocenters. The van der Waals surface area contributed by atoms with Crippen molar-refractivity contribution >= 4 is 8.32 Å². The molecule has 0 aromatic carbocycles. The van der Waals surface area contributed by atoms with Gasteiger partial charge in [0.1, 0.15) is 0 Å². The molecule has 0 saturated carbocycles. The normalized spacial score (nSPS) is 34.8. The molecule has 1 fully saturated rings. The molecular weight excluding hydrogens is 280 g/mol. The summed E-state index contributed by atoms with van der Waals surface area (Å²) in [6, 6.07) is 0. The van der Waals surface area contributed by atoms with Crippen molar-refractivity contribution in [1.29, 1.82) is 0 Å². The summed E-state index contributed by atoms with van der Waals surface area (Å²) in [7, 11) is -0.0940. The van der Waals surface area contributed by atoms with Crippen molar-refractivity contribution in [1.82, 2.24) is 0 Å². The first-order valence-electron chi connectivity index (χ1n) is 8.02. The SMILES string of the molecule is C=CC[C@@H]1O[C@@H](OC)[C@H](C)[C@@H](O[Si](C)(C)C(C)(C)C)[C@H]1C. The van der Waals surface area contributed by atoms with Gasteiger partial charge in [-0.05, 0) is 24.6 Å². The maximum Gasteiger partial charge on any atom is 0.192 e. The highest BCUT2D eigenvalue weighted by atomic mass is 28.4. The van der Waals surface area contributed by atoms with Crippen molar-refractivity contribution in [2.24, 2.45) is 11.8 Å². The topological polar surface area (TPSA) is 27.7 Å². The molecule has 0 aromatic rings. The first-order valence-corrected chi connectivity index (χ1v) is 10.9. The fourth-order valence-electron chi connectivity index (χ4n) is 2.70. The maximum absolute atomic E-state index is 6.72. The van der Waals surface area contributed by atoms with Crippen LogP contribution in [0, 0.1) is 11.8 Å². The summed E-state index contributed by atoms with van der Waals surface area (Å²) >= 11 is 0. The zero-order chi connectivity index (χ0) is 16.4. The standard InChI is InChI=1S/C17H34O3Si/c1-10-11-14-12(2)15(13(3)16(18-7)19-14)20-21(8,9)17(4,5)6/h10,12-16H,1,11H2,2-9H3/t12-,13+,14-,15-,16+/m0/s1. The van der Waals surface area contributed by atoms with Gasteiger partial charge in [0, 0.05) is 18.9 Å². The predicted octanol–water partition coefficient (Wildman–Crippen LogP) is 4.60. The lowest BCUT2D eigenvalue weighted by Gasteiger charge is -2.49. The monoisotopic (exact) mass is 314 g/mol. The second-order valence-electron chi connectivity index (χ2n) is 7.86. The fraction of sp³-hybridized carbons (Fsp3) is 0.882. The zero-order valence-electron chi connectivity index (χ0n) is 15.1. The van der Waals surface area contributed by atoms with Crippen LogP contribution in [0.15, 0.2) is 12.7 Å². The molecule has 1 heterocycles. The molecule has 1 rings (SSSR count). The van der Waals surface area contributed by atoms with E-state index in [2.05, 4.69) is 54.3 Å².